The van der Waals surface area contributed by atoms with Crippen LogP contribution in [0, 0.1) is 5.92 Å². The number of ether oxygens (including phenoxy) is 1. The summed E-state index contributed by atoms with van der Waals surface area (Å²) in [5, 5.41) is 12.8. The Hall–Kier alpha value is -4.47. The number of nitrogens with zero attached hydrogens (tertiary/aromatic N) is 3. The third-order valence-electron chi connectivity index (χ3n) is 12.4. The van der Waals surface area contributed by atoms with E-state index in [0.29, 0.717) is 36.7 Å². The zero-order chi connectivity index (χ0) is 38.5. The Bertz CT molecular complexity index is 1850. The number of carbonyl (C=O) groups excluding carboxylic acids is 3. The number of amides is 2. The second-order valence-corrected chi connectivity index (χ2v) is 16.1. The molecule has 3 unspecified atom stereocenters. The number of ketones is 1. The van der Waals surface area contributed by atoms with Crippen molar-refractivity contribution in [1.82, 2.24) is 15.1 Å². The number of rotatable bonds is 13. The number of carbonyl (C=O) groups is 3. The monoisotopic (exact) mass is 746 g/mol. The number of anilines is 1. The SMILES string of the molecule is CC/C(=C(/c1ccc(OCCCCCN2CC(C)N(c3ccc4c(c3)CN(C3CC(=O)CNC3=O)C4=O)CC2C)cc1)C1CCC(O)CC1)c1ccccc1. The van der Waals surface area contributed by atoms with Crippen LogP contribution < -0.4 is 15.0 Å². The summed E-state index contributed by atoms with van der Waals surface area (Å²) in [5.74, 6) is 0.896. The molecule has 3 aromatic carbocycles. The summed E-state index contributed by atoms with van der Waals surface area (Å²) < 4.78 is 6.23. The largest absolute Gasteiger partial charge is 0.494 e. The van der Waals surface area contributed by atoms with Crippen LogP contribution in [-0.4, -0.2) is 89.5 Å². The third kappa shape index (κ3) is 8.84. The lowest BCUT2D eigenvalue weighted by atomic mass is 9.76. The molecule has 7 rings (SSSR count). The van der Waals surface area contributed by atoms with E-state index in [0.717, 1.165) is 88.0 Å². The number of hydrogen-bond donors (Lipinski definition) is 2. The maximum absolute atomic E-state index is 13.2. The lowest BCUT2D eigenvalue weighted by Gasteiger charge is -2.45. The van der Waals surface area contributed by atoms with E-state index in [9.17, 15) is 19.5 Å². The molecule has 9 nitrogen and oxygen atoms in total. The molecular weight excluding hydrogens is 689 g/mol. The van der Waals surface area contributed by atoms with Crippen LogP contribution >= 0.6 is 0 Å². The summed E-state index contributed by atoms with van der Waals surface area (Å²) in [5.41, 5.74) is 8.03. The summed E-state index contributed by atoms with van der Waals surface area (Å²) in [7, 11) is 0. The van der Waals surface area contributed by atoms with Crippen molar-refractivity contribution in [1.29, 1.82) is 0 Å². The molecule has 2 amide bonds. The second-order valence-electron chi connectivity index (χ2n) is 16.1. The molecule has 3 aromatic rings. The van der Waals surface area contributed by atoms with Gasteiger partial charge in [0.15, 0.2) is 5.78 Å². The number of piperazine rings is 1. The van der Waals surface area contributed by atoms with Crippen LogP contribution in [-0.2, 0) is 16.1 Å². The van der Waals surface area contributed by atoms with Gasteiger partial charge in [0, 0.05) is 49.4 Å². The van der Waals surface area contributed by atoms with Gasteiger partial charge in [0.25, 0.3) is 5.91 Å². The molecule has 3 aliphatic heterocycles. The molecule has 2 N–H and O–H groups in total. The molecule has 3 atom stereocenters. The normalized spacial score (nSPS) is 25.1. The molecule has 55 heavy (non-hydrogen) atoms. The lowest BCUT2D eigenvalue weighted by molar-refractivity contribution is -0.134. The number of benzene rings is 3. The molecule has 0 spiro atoms. The molecule has 3 fully saturated rings. The maximum atomic E-state index is 13.2. The van der Waals surface area contributed by atoms with Gasteiger partial charge in [-0.05, 0) is 136 Å². The molecule has 1 saturated carbocycles. The smallest absolute Gasteiger partial charge is 0.255 e. The summed E-state index contributed by atoms with van der Waals surface area (Å²) in [4.78, 5) is 44.3. The van der Waals surface area contributed by atoms with Gasteiger partial charge in [-0.15, -0.1) is 0 Å². The Balaban J connectivity index is 0.877. The molecule has 4 aliphatic rings. The highest BCUT2D eigenvalue weighted by Gasteiger charge is 2.40. The van der Waals surface area contributed by atoms with Gasteiger partial charge in [0.2, 0.25) is 5.91 Å². The molecule has 3 heterocycles. The first-order valence-corrected chi connectivity index (χ1v) is 20.6. The highest BCUT2D eigenvalue weighted by molar-refractivity contribution is 6.04. The fourth-order valence-corrected chi connectivity index (χ4v) is 9.29. The van der Waals surface area contributed by atoms with Crippen molar-refractivity contribution in [2.45, 2.75) is 109 Å². The second kappa shape index (κ2) is 17.5. The minimum absolute atomic E-state index is 0.0458. The van der Waals surface area contributed by atoms with Crippen molar-refractivity contribution >= 4 is 34.4 Å². The average Bonchev–Trinajstić information content (AvgIpc) is 3.53. The van der Waals surface area contributed by atoms with Crippen LogP contribution in [0.1, 0.15) is 106 Å². The fraction of sp³-hybridized carbons (Fsp3) is 0.500. The molecule has 0 aromatic heterocycles. The fourth-order valence-electron chi connectivity index (χ4n) is 9.29. The lowest BCUT2D eigenvalue weighted by Crippen LogP contribution is -2.56. The molecule has 1 aliphatic carbocycles. The van der Waals surface area contributed by atoms with E-state index < -0.39 is 6.04 Å². The van der Waals surface area contributed by atoms with Crippen LogP contribution in [0.2, 0.25) is 0 Å². The maximum Gasteiger partial charge on any atom is 0.255 e. The van der Waals surface area contributed by atoms with Crippen molar-refractivity contribution in [3.05, 3.63) is 95.1 Å². The van der Waals surface area contributed by atoms with E-state index in [1.54, 1.807) is 4.90 Å². The molecule has 0 radical (unpaired) electrons. The number of hydrogen-bond acceptors (Lipinski definition) is 7. The Kier molecular flexibility index (Phi) is 12.4. The topological polar surface area (TPSA) is 102 Å². The van der Waals surface area contributed by atoms with Gasteiger partial charge in [0.05, 0.1) is 19.3 Å². The highest BCUT2D eigenvalue weighted by atomic mass is 16.5. The predicted molar refractivity (Wildman–Crippen MR) is 218 cm³/mol. The standard InChI is InChI=1S/C46H58N4O5/c1-4-41(33-11-7-5-8-12-33)44(34-13-18-38(51)19-14-34)35-15-20-40(21-16-35)55-24-10-6-9-23-48-28-32(3)49(29-31(48)2)37-17-22-42-36(25-37)30-50(46(42)54)43-26-39(52)27-47-45(43)53/h5,7-8,11-12,15-17,20-22,25,31-32,34,38,43,51H,4,6,9-10,13-14,18-19,23-24,26-30H2,1-3H3,(H,47,53)/b44-41-. The minimum Gasteiger partial charge on any atom is -0.494 e. The Labute approximate surface area is 326 Å². The van der Waals surface area contributed by atoms with Crippen molar-refractivity contribution in [2.75, 3.05) is 37.7 Å². The van der Waals surface area contributed by atoms with E-state index in [1.807, 2.05) is 12.1 Å². The van der Waals surface area contributed by atoms with Crippen molar-refractivity contribution in [3.63, 3.8) is 0 Å². The van der Waals surface area contributed by atoms with E-state index in [4.69, 9.17) is 4.74 Å². The third-order valence-corrected chi connectivity index (χ3v) is 12.4. The number of allylic oxidation sites excluding steroid dienone is 2. The predicted octanol–water partition coefficient (Wildman–Crippen LogP) is 7.12. The van der Waals surface area contributed by atoms with Crippen molar-refractivity contribution in [2.24, 2.45) is 5.92 Å². The van der Waals surface area contributed by atoms with Crippen molar-refractivity contribution < 1.29 is 24.2 Å². The number of nitrogens with one attached hydrogen (secondary N) is 1. The van der Waals surface area contributed by atoms with Gasteiger partial charge < -0.3 is 25.0 Å². The molecular formula is C46H58N4O5. The summed E-state index contributed by atoms with van der Waals surface area (Å²) in [6.07, 6.45) is 7.88. The number of Topliss-reactive ketones (excluding diaryl/α,β-unsaturated/α-hetero) is 1. The van der Waals surface area contributed by atoms with E-state index >= 15 is 0 Å². The zero-order valence-corrected chi connectivity index (χ0v) is 32.8. The number of aliphatic hydroxyl groups is 1. The first-order valence-electron chi connectivity index (χ1n) is 20.6. The molecule has 2 saturated heterocycles. The quantitative estimate of drug-likeness (QED) is 0.142. The first-order chi connectivity index (χ1) is 26.7. The van der Waals surface area contributed by atoms with Crippen LogP contribution in [0.3, 0.4) is 0 Å². The number of piperidine rings is 1. The van der Waals surface area contributed by atoms with Crippen LogP contribution in [0.4, 0.5) is 5.69 Å². The summed E-state index contributed by atoms with van der Waals surface area (Å²) >= 11 is 0. The number of fused-ring (bicyclic) bond motifs is 1. The van der Waals surface area contributed by atoms with Gasteiger partial charge >= 0.3 is 0 Å². The van der Waals surface area contributed by atoms with Crippen LogP contribution in [0.5, 0.6) is 5.75 Å². The Morgan fingerprint density at radius 3 is 2.35 bits per heavy atom. The summed E-state index contributed by atoms with van der Waals surface area (Å²) in [6.45, 7) is 10.8. The highest BCUT2D eigenvalue weighted by Crippen LogP contribution is 2.42. The molecule has 0 bridgehead atoms. The zero-order valence-electron chi connectivity index (χ0n) is 32.8. The first kappa shape index (κ1) is 38.8. The Morgan fingerprint density at radius 1 is 0.836 bits per heavy atom. The van der Waals surface area contributed by atoms with Crippen LogP contribution in [0.15, 0.2) is 72.8 Å². The van der Waals surface area contributed by atoms with E-state index in [2.05, 4.69) is 96.6 Å². The van der Waals surface area contributed by atoms with Crippen molar-refractivity contribution in [3.8, 4) is 5.75 Å². The molecule has 292 valence electrons. The van der Waals surface area contributed by atoms with Gasteiger partial charge in [-0.2, -0.15) is 0 Å². The minimum atomic E-state index is -0.732. The van der Waals surface area contributed by atoms with Crippen LogP contribution in [0.25, 0.3) is 11.1 Å². The average molecular weight is 747 g/mol. The number of aliphatic hydroxyl groups excluding tert-OH is 1. The van der Waals surface area contributed by atoms with E-state index in [1.165, 1.54) is 22.3 Å². The molecule has 9 heteroatoms. The summed E-state index contributed by atoms with van der Waals surface area (Å²) in [6, 6.07) is 25.5. The van der Waals surface area contributed by atoms with Gasteiger partial charge in [-0.3, -0.25) is 19.3 Å². The van der Waals surface area contributed by atoms with Gasteiger partial charge in [0.1, 0.15) is 11.8 Å². The Morgan fingerprint density at radius 2 is 1.60 bits per heavy atom. The number of unbranched alkanes of at least 4 members (excludes halogenated alkanes) is 2. The van der Waals surface area contributed by atoms with E-state index in [-0.39, 0.29) is 36.7 Å². The van der Waals surface area contributed by atoms with Gasteiger partial charge in [-0.1, -0.05) is 49.4 Å². The van der Waals surface area contributed by atoms with Gasteiger partial charge in [-0.25, -0.2) is 0 Å².